The van der Waals surface area contributed by atoms with Crippen LogP contribution in [0.4, 0.5) is 0 Å². The third kappa shape index (κ3) is 4.32. The Morgan fingerprint density at radius 3 is 2.62 bits per heavy atom. The van der Waals surface area contributed by atoms with E-state index in [-0.39, 0.29) is 0 Å². The number of fused-ring (bicyclic) bond motifs is 1. The topological polar surface area (TPSA) is 12.0 Å². The van der Waals surface area contributed by atoms with Crippen LogP contribution in [0.15, 0.2) is 24.3 Å². The van der Waals surface area contributed by atoms with Crippen LogP contribution in [0.5, 0.6) is 0 Å². The number of benzene rings is 1. The number of unbranched alkanes of at least 4 members (excludes halogenated alkanes) is 5. The van der Waals surface area contributed by atoms with Crippen molar-refractivity contribution in [1.82, 2.24) is 5.32 Å². The van der Waals surface area contributed by atoms with Gasteiger partial charge in [-0.1, -0.05) is 69.7 Å². The second kappa shape index (κ2) is 8.58. The fraction of sp³-hybridized carbons (Fsp3) is 0.700. The Labute approximate surface area is 131 Å². The molecule has 1 nitrogen and oxygen atoms in total. The van der Waals surface area contributed by atoms with Crippen LogP contribution in [0.25, 0.3) is 0 Å². The first-order chi connectivity index (χ1) is 10.3. The molecule has 118 valence electrons. The molecule has 0 radical (unpaired) electrons. The molecule has 0 saturated heterocycles. The Morgan fingerprint density at radius 2 is 1.81 bits per heavy atom. The van der Waals surface area contributed by atoms with Crippen molar-refractivity contribution < 1.29 is 0 Å². The first-order valence-corrected chi connectivity index (χ1v) is 9.05. The van der Waals surface area contributed by atoms with E-state index in [9.17, 15) is 0 Å². The van der Waals surface area contributed by atoms with Gasteiger partial charge >= 0.3 is 0 Å². The predicted octanol–water partition coefficient (Wildman–Crippen LogP) is 5.23. The molecule has 0 amide bonds. The molecule has 1 atom stereocenters. The summed E-state index contributed by atoms with van der Waals surface area (Å²) in [5.74, 6) is 0. The minimum Gasteiger partial charge on any atom is -0.319 e. The summed E-state index contributed by atoms with van der Waals surface area (Å²) in [5.41, 5.74) is 3.64. The molecule has 0 heterocycles. The van der Waals surface area contributed by atoms with E-state index in [2.05, 4.69) is 43.6 Å². The summed E-state index contributed by atoms with van der Waals surface area (Å²) in [6, 6.07) is 9.18. The van der Waals surface area contributed by atoms with Gasteiger partial charge in [0.05, 0.1) is 0 Å². The highest BCUT2D eigenvalue weighted by Gasteiger charge is 2.34. The summed E-state index contributed by atoms with van der Waals surface area (Å²) in [6.45, 7) is 3.43. The van der Waals surface area contributed by atoms with Crippen LogP contribution in [0.2, 0.25) is 0 Å². The van der Waals surface area contributed by atoms with Gasteiger partial charge in [-0.2, -0.15) is 0 Å². The number of nitrogens with one attached hydrogen (secondary N) is 1. The van der Waals surface area contributed by atoms with Crippen LogP contribution < -0.4 is 5.32 Å². The van der Waals surface area contributed by atoms with Gasteiger partial charge in [0, 0.05) is 12.0 Å². The van der Waals surface area contributed by atoms with Crippen molar-refractivity contribution in [2.75, 3.05) is 13.6 Å². The minimum absolute atomic E-state index is 0.397. The molecular formula is C20H33N. The van der Waals surface area contributed by atoms with Crippen molar-refractivity contribution in [3.63, 3.8) is 0 Å². The maximum Gasteiger partial charge on any atom is 0.00805 e. The van der Waals surface area contributed by atoms with E-state index in [0.717, 1.165) is 6.54 Å². The van der Waals surface area contributed by atoms with E-state index in [1.54, 1.807) is 11.1 Å². The molecule has 1 aliphatic carbocycles. The standard InChI is InChI=1S/C20H33N/c1-3-4-5-6-7-10-15-20(17-21-2)16-11-13-18-12-8-9-14-19(18)20/h8-9,12,14,21H,3-7,10-11,13,15-17H2,1-2H3. The summed E-state index contributed by atoms with van der Waals surface area (Å²) >= 11 is 0. The Kier molecular flexibility index (Phi) is 6.76. The van der Waals surface area contributed by atoms with Gasteiger partial charge in [0.25, 0.3) is 0 Å². The zero-order valence-electron chi connectivity index (χ0n) is 14.1. The molecule has 1 unspecified atom stereocenters. The van der Waals surface area contributed by atoms with Crippen LogP contribution in [-0.4, -0.2) is 13.6 Å². The van der Waals surface area contributed by atoms with Crippen LogP contribution in [0, 0.1) is 0 Å². The normalized spacial score (nSPS) is 21.2. The SMILES string of the molecule is CCCCCCCCC1(CNC)CCCc2ccccc21. The third-order valence-corrected chi connectivity index (χ3v) is 5.21. The maximum atomic E-state index is 3.48. The molecule has 2 rings (SSSR count). The Morgan fingerprint density at radius 1 is 1.05 bits per heavy atom. The Balaban J connectivity index is 1.97. The molecule has 1 aromatic rings. The van der Waals surface area contributed by atoms with Crippen LogP contribution in [-0.2, 0) is 11.8 Å². The number of rotatable bonds is 9. The summed E-state index contributed by atoms with van der Waals surface area (Å²) in [6.07, 6.45) is 13.7. The van der Waals surface area contributed by atoms with Gasteiger partial charge < -0.3 is 5.32 Å². The van der Waals surface area contributed by atoms with Gasteiger partial charge in [0.15, 0.2) is 0 Å². The average molecular weight is 287 g/mol. The molecule has 1 aromatic carbocycles. The van der Waals surface area contributed by atoms with Gasteiger partial charge in [0.1, 0.15) is 0 Å². The Bertz CT molecular complexity index is 412. The van der Waals surface area contributed by atoms with E-state index in [1.807, 2.05) is 0 Å². The van der Waals surface area contributed by atoms with Gasteiger partial charge in [-0.15, -0.1) is 0 Å². The van der Waals surface area contributed by atoms with Crippen molar-refractivity contribution in [1.29, 1.82) is 0 Å². The number of likely N-dealkylation sites (N-methyl/N-ethyl adjacent to an activating group) is 1. The summed E-state index contributed by atoms with van der Waals surface area (Å²) in [5, 5.41) is 3.48. The highest BCUT2D eigenvalue weighted by molar-refractivity contribution is 5.37. The van der Waals surface area contributed by atoms with Gasteiger partial charge in [-0.3, -0.25) is 0 Å². The second-order valence-corrected chi connectivity index (χ2v) is 6.84. The highest BCUT2D eigenvalue weighted by atomic mass is 14.8. The van der Waals surface area contributed by atoms with E-state index < -0.39 is 0 Å². The molecule has 21 heavy (non-hydrogen) atoms. The van der Waals surface area contributed by atoms with E-state index in [4.69, 9.17) is 0 Å². The quantitative estimate of drug-likeness (QED) is 0.613. The largest absolute Gasteiger partial charge is 0.319 e. The summed E-state index contributed by atoms with van der Waals surface area (Å²) in [4.78, 5) is 0. The first-order valence-electron chi connectivity index (χ1n) is 9.05. The molecule has 1 N–H and O–H groups in total. The number of hydrogen-bond donors (Lipinski definition) is 1. The van der Waals surface area contributed by atoms with Gasteiger partial charge in [-0.05, 0) is 43.9 Å². The van der Waals surface area contributed by atoms with Crippen molar-refractivity contribution >= 4 is 0 Å². The van der Waals surface area contributed by atoms with Crippen LogP contribution in [0.1, 0.15) is 75.8 Å². The fourth-order valence-electron chi connectivity index (χ4n) is 4.12. The Hall–Kier alpha value is -0.820. The molecule has 1 heteroatoms. The van der Waals surface area contributed by atoms with Crippen molar-refractivity contribution in [3.05, 3.63) is 35.4 Å². The molecule has 0 fully saturated rings. The zero-order valence-corrected chi connectivity index (χ0v) is 14.1. The van der Waals surface area contributed by atoms with Crippen molar-refractivity contribution in [3.8, 4) is 0 Å². The fourth-order valence-corrected chi connectivity index (χ4v) is 4.12. The molecule has 0 spiro atoms. The molecule has 0 bridgehead atoms. The van der Waals surface area contributed by atoms with E-state index in [0.29, 0.717) is 5.41 Å². The molecule has 1 aliphatic rings. The lowest BCUT2D eigenvalue weighted by molar-refractivity contribution is 0.312. The predicted molar refractivity (Wildman–Crippen MR) is 93.0 cm³/mol. The van der Waals surface area contributed by atoms with E-state index in [1.165, 1.54) is 64.2 Å². The summed E-state index contributed by atoms with van der Waals surface area (Å²) < 4.78 is 0. The minimum atomic E-state index is 0.397. The summed E-state index contributed by atoms with van der Waals surface area (Å²) in [7, 11) is 2.11. The van der Waals surface area contributed by atoms with Crippen molar-refractivity contribution in [2.45, 2.75) is 76.5 Å². The highest BCUT2D eigenvalue weighted by Crippen LogP contribution is 2.40. The average Bonchev–Trinajstić information content (AvgIpc) is 2.52. The molecular weight excluding hydrogens is 254 g/mol. The van der Waals surface area contributed by atoms with E-state index >= 15 is 0 Å². The van der Waals surface area contributed by atoms with Crippen molar-refractivity contribution in [2.24, 2.45) is 0 Å². The second-order valence-electron chi connectivity index (χ2n) is 6.84. The first kappa shape index (κ1) is 16.5. The van der Waals surface area contributed by atoms with Gasteiger partial charge in [0.2, 0.25) is 0 Å². The maximum absolute atomic E-state index is 3.48. The number of hydrogen-bond acceptors (Lipinski definition) is 1. The molecule has 0 aromatic heterocycles. The van der Waals surface area contributed by atoms with Crippen LogP contribution in [0.3, 0.4) is 0 Å². The smallest absolute Gasteiger partial charge is 0.00805 e. The van der Waals surface area contributed by atoms with Crippen LogP contribution >= 0.6 is 0 Å². The lowest BCUT2D eigenvalue weighted by atomic mass is 9.67. The molecule has 0 aliphatic heterocycles. The third-order valence-electron chi connectivity index (χ3n) is 5.21. The zero-order chi connectivity index (χ0) is 15.0. The molecule has 0 saturated carbocycles. The lowest BCUT2D eigenvalue weighted by Crippen LogP contribution is -2.39. The van der Waals surface area contributed by atoms with Gasteiger partial charge in [-0.25, -0.2) is 0 Å². The number of aryl methyl sites for hydroxylation is 1. The lowest BCUT2D eigenvalue weighted by Gasteiger charge is -2.39. The monoisotopic (exact) mass is 287 g/mol.